The number of rotatable bonds is 5. The minimum absolute atomic E-state index is 0. The van der Waals surface area contributed by atoms with Gasteiger partial charge in [0.25, 0.3) is 0 Å². The van der Waals surface area contributed by atoms with Gasteiger partial charge in [-0.2, -0.15) is 0 Å². The fourth-order valence-corrected chi connectivity index (χ4v) is 4.20. The lowest BCUT2D eigenvalue weighted by Gasteiger charge is -2.28. The molecular formula is C14H21ClFN3O3S. The van der Waals surface area contributed by atoms with Gasteiger partial charge in [0.15, 0.2) is 0 Å². The van der Waals surface area contributed by atoms with E-state index in [1.165, 1.54) is 13.0 Å². The van der Waals surface area contributed by atoms with Crippen molar-refractivity contribution in [1.82, 2.24) is 4.72 Å². The summed E-state index contributed by atoms with van der Waals surface area (Å²) in [4.78, 5) is 10.9. The van der Waals surface area contributed by atoms with E-state index in [1.54, 1.807) is 0 Å². The molecule has 1 aliphatic rings. The van der Waals surface area contributed by atoms with E-state index in [-0.39, 0.29) is 29.5 Å². The largest absolute Gasteiger partial charge is 0.329 e. The topological polar surface area (TPSA) is 101 Å². The van der Waals surface area contributed by atoms with E-state index in [4.69, 9.17) is 5.73 Å². The number of carbonyl (C=O) groups excluding carboxylic acids is 1. The predicted octanol–water partition coefficient (Wildman–Crippen LogP) is 1.76. The zero-order valence-electron chi connectivity index (χ0n) is 12.8. The van der Waals surface area contributed by atoms with E-state index in [9.17, 15) is 17.6 Å². The number of nitrogens with one attached hydrogen (secondary N) is 2. The molecule has 0 bridgehead atoms. The second-order valence-electron chi connectivity index (χ2n) is 5.62. The van der Waals surface area contributed by atoms with Gasteiger partial charge in [0, 0.05) is 19.0 Å². The van der Waals surface area contributed by atoms with Crippen LogP contribution in [0.5, 0.6) is 0 Å². The van der Waals surface area contributed by atoms with Crippen LogP contribution in [0, 0.1) is 5.82 Å². The maximum Gasteiger partial charge on any atom is 0.241 e. The third kappa shape index (κ3) is 4.63. The summed E-state index contributed by atoms with van der Waals surface area (Å²) in [6, 6.07) is 3.30. The summed E-state index contributed by atoms with van der Waals surface area (Å²) in [6.45, 7) is 1.44. The van der Waals surface area contributed by atoms with E-state index in [1.807, 2.05) is 0 Å². The first-order valence-electron chi connectivity index (χ1n) is 7.09. The van der Waals surface area contributed by atoms with E-state index < -0.39 is 27.3 Å². The molecule has 4 N–H and O–H groups in total. The molecule has 23 heavy (non-hydrogen) atoms. The summed E-state index contributed by atoms with van der Waals surface area (Å²) in [5.74, 6) is -1.17. The Morgan fingerprint density at radius 1 is 1.35 bits per heavy atom. The molecule has 0 unspecified atom stereocenters. The smallest absolute Gasteiger partial charge is 0.241 e. The quantitative estimate of drug-likeness (QED) is 0.739. The molecule has 9 heteroatoms. The van der Waals surface area contributed by atoms with Gasteiger partial charge >= 0.3 is 0 Å². The molecule has 0 atom stereocenters. The lowest BCUT2D eigenvalue weighted by atomic mass is 10.0. The summed E-state index contributed by atoms with van der Waals surface area (Å²) in [5, 5.41) is 2.27. The van der Waals surface area contributed by atoms with Gasteiger partial charge in [0.1, 0.15) is 5.82 Å². The Morgan fingerprint density at radius 2 is 1.96 bits per heavy atom. The second-order valence-corrected chi connectivity index (χ2v) is 7.30. The van der Waals surface area contributed by atoms with Crippen molar-refractivity contribution in [3.05, 3.63) is 24.0 Å². The Balaban J connectivity index is 0.00000264. The number of hydrogen-bond donors (Lipinski definition) is 3. The number of nitrogens with two attached hydrogens (primary N) is 1. The molecule has 1 fully saturated rings. The fourth-order valence-electron chi connectivity index (χ4n) is 2.70. The molecule has 2 rings (SSSR count). The number of carbonyl (C=O) groups is 1. The van der Waals surface area contributed by atoms with Gasteiger partial charge in [0.05, 0.1) is 10.6 Å². The minimum atomic E-state index is -3.84. The Hall–Kier alpha value is -1.22. The van der Waals surface area contributed by atoms with Gasteiger partial charge in [-0.05, 0) is 31.0 Å². The van der Waals surface area contributed by atoms with E-state index in [2.05, 4.69) is 10.0 Å². The van der Waals surface area contributed by atoms with Crippen LogP contribution in [-0.2, 0) is 14.8 Å². The molecule has 130 valence electrons. The van der Waals surface area contributed by atoms with Crippen LogP contribution in [0.2, 0.25) is 0 Å². The third-order valence-electron chi connectivity index (χ3n) is 3.86. The van der Waals surface area contributed by atoms with Crippen LogP contribution in [-0.4, -0.2) is 26.4 Å². The van der Waals surface area contributed by atoms with Crippen molar-refractivity contribution in [3.8, 4) is 0 Å². The van der Waals surface area contributed by atoms with Crippen LogP contribution in [0.15, 0.2) is 23.1 Å². The van der Waals surface area contributed by atoms with Crippen molar-refractivity contribution in [2.45, 2.75) is 43.0 Å². The lowest BCUT2D eigenvalue weighted by Crippen LogP contribution is -2.51. The number of halogens is 2. The maximum atomic E-state index is 13.6. The molecule has 0 saturated heterocycles. The van der Waals surface area contributed by atoms with E-state index in [0.29, 0.717) is 12.8 Å². The Morgan fingerprint density at radius 3 is 2.48 bits per heavy atom. The summed E-state index contributed by atoms with van der Waals surface area (Å²) in [6.07, 6.45) is 3.20. The SMILES string of the molecule is CC(=O)Nc1cc(S(=O)(=O)NC2(CN)CCCC2)ccc1F.Cl. The molecule has 6 nitrogen and oxygen atoms in total. The van der Waals surface area contributed by atoms with E-state index >= 15 is 0 Å². The highest BCUT2D eigenvalue weighted by molar-refractivity contribution is 7.89. The average molecular weight is 366 g/mol. The highest BCUT2D eigenvalue weighted by Crippen LogP contribution is 2.31. The maximum absolute atomic E-state index is 13.6. The Bertz CT molecular complexity index is 676. The van der Waals surface area contributed by atoms with Crippen LogP contribution in [0.3, 0.4) is 0 Å². The first-order valence-corrected chi connectivity index (χ1v) is 8.57. The average Bonchev–Trinajstić information content (AvgIpc) is 2.89. The van der Waals surface area contributed by atoms with Crippen LogP contribution >= 0.6 is 12.4 Å². The molecule has 1 aliphatic carbocycles. The zero-order chi connectivity index (χ0) is 16.4. The number of sulfonamides is 1. The summed E-state index contributed by atoms with van der Waals surface area (Å²) >= 11 is 0. The normalized spacial score (nSPS) is 16.7. The zero-order valence-corrected chi connectivity index (χ0v) is 14.4. The number of anilines is 1. The highest BCUT2D eigenvalue weighted by atomic mass is 35.5. The van der Waals surface area contributed by atoms with E-state index in [0.717, 1.165) is 25.0 Å². The predicted molar refractivity (Wildman–Crippen MR) is 88.5 cm³/mol. The van der Waals surface area contributed by atoms with Gasteiger partial charge < -0.3 is 11.1 Å². The molecule has 1 amide bonds. The molecule has 1 aromatic carbocycles. The standard InChI is InChI=1S/C14H20FN3O3S.ClH/c1-10(19)17-13-8-11(4-5-12(13)15)22(20,21)18-14(9-16)6-2-3-7-14;/h4-5,8,18H,2-3,6-7,9,16H2,1H3,(H,17,19);1H. The van der Waals surface area contributed by atoms with Crippen LogP contribution in [0.4, 0.5) is 10.1 Å². The first-order chi connectivity index (χ1) is 10.3. The molecule has 0 radical (unpaired) electrons. The third-order valence-corrected chi connectivity index (χ3v) is 5.44. The number of amides is 1. The van der Waals surface area contributed by atoms with Gasteiger partial charge in [-0.1, -0.05) is 12.8 Å². The summed E-state index contributed by atoms with van der Waals surface area (Å²) in [7, 11) is -3.84. The Labute approximate surface area is 141 Å². The number of hydrogen-bond acceptors (Lipinski definition) is 4. The van der Waals surface area contributed by atoms with Crippen molar-refractivity contribution in [2.75, 3.05) is 11.9 Å². The summed E-state index contributed by atoms with van der Waals surface area (Å²) < 4.78 is 41.3. The molecule has 0 aliphatic heterocycles. The molecule has 0 aromatic heterocycles. The minimum Gasteiger partial charge on any atom is -0.329 e. The van der Waals surface area contributed by atoms with Crippen molar-refractivity contribution in [1.29, 1.82) is 0 Å². The molecule has 1 saturated carbocycles. The first kappa shape index (κ1) is 19.8. The Kier molecular flexibility index (Phi) is 6.52. The van der Waals surface area contributed by atoms with Crippen molar-refractivity contribution >= 4 is 34.0 Å². The van der Waals surface area contributed by atoms with Gasteiger partial charge in [0.2, 0.25) is 15.9 Å². The van der Waals surface area contributed by atoms with Gasteiger partial charge in [-0.25, -0.2) is 17.5 Å². The lowest BCUT2D eigenvalue weighted by molar-refractivity contribution is -0.114. The highest BCUT2D eigenvalue weighted by Gasteiger charge is 2.36. The molecular weight excluding hydrogens is 345 g/mol. The van der Waals surface area contributed by atoms with Gasteiger partial charge in [-0.3, -0.25) is 4.79 Å². The van der Waals surface area contributed by atoms with Crippen molar-refractivity contribution in [3.63, 3.8) is 0 Å². The monoisotopic (exact) mass is 365 g/mol. The van der Waals surface area contributed by atoms with Crippen molar-refractivity contribution < 1.29 is 17.6 Å². The summed E-state index contributed by atoms with van der Waals surface area (Å²) in [5.41, 5.74) is 4.93. The fraction of sp³-hybridized carbons (Fsp3) is 0.500. The second kappa shape index (κ2) is 7.57. The molecule has 1 aromatic rings. The van der Waals surface area contributed by atoms with Crippen LogP contribution in [0.1, 0.15) is 32.6 Å². The van der Waals surface area contributed by atoms with Crippen molar-refractivity contribution in [2.24, 2.45) is 5.73 Å². The van der Waals surface area contributed by atoms with Gasteiger partial charge in [-0.15, -0.1) is 12.4 Å². The molecule has 0 heterocycles. The molecule has 0 spiro atoms. The number of benzene rings is 1. The van der Waals surface area contributed by atoms with Crippen LogP contribution in [0.25, 0.3) is 0 Å². The van der Waals surface area contributed by atoms with Crippen LogP contribution < -0.4 is 15.8 Å².